The van der Waals surface area contributed by atoms with Crippen LogP contribution >= 0.6 is 0 Å². The molecule has 8 heteroatoms. The van der Waals surface area contributed by atoms with E-state index < -0.39 is 0 Å². The molecule has 4 rings (SSSR count). The molecule has 3 heterocycles. The summed E-state index contributed by atoms with van der Waals surface area (Å²) in [5.74, 6) is 2.36. The van der Waals surface area contributed by atoms with E-state index in [4.69, 9.17) is 9.47 Å². The number of benzene rings is 1. The van der Waals surface area contributed by atoms with Crippen LogP contribution in [0.25, 0.3) is 11.2 Å². The summed E-state index contributed by atoms with van der Waals surface area (Å²) in [5, 5.41) is 3.60. The molecular formula is C18H22N6O2. The van der Waals surface area contributed by atoms with Crippen LogP contribution in [0.1, 0.15) is 12.8 Å². The molecule has 0 saturated carbocycles. The minimum atomic E-state index is 0.315. The Kier molecular flexibility index (Phi) is 4.47. The predicted octanol–water partition coefficient (Wildman–Crippen LogP) is 2.45. The van der Waals surface area contributed by atoms with Crippen LogP contribution in [0.2, 0.25) is 0 Å². The van der Waals surface area contributed by atoms with E-state index in [0.29, 0.717) is 11.7 Å². The van der Waals surface area contributed by atoms with Gasteiger partial charge in [-0.05, 0) is 25.0 Å². The third-order valence-electron chi connectivity index (χ3n) is 4.68. The van der Waals surface area contributed by atoms with Gasteiger partial charge in [-0.2, -0.15) is 0 Å². The molecule has 1 aliphatic heterocycles. The average Bonchev–Trinajstić information content (AvgIpc) is 3.17. The fourth-order valence-corrected chi connectivity index (χ4v) is 3.44. The Labute approximate surface area is 151 Å². The minimum Gasteiger partial charge on any atom is -0.493 e. The van der Waals surface area contributed by atoms with Gasteiger partial charge in [0.05, 0.1) is 20.5 Å². The number of aromatic nitrogens is 4. The Morgan fingerprint density at radius 2 is 2.04 bits per heavy atom. The van der Waals surface area contributed by atoms with Crippen molar-refractivity contribution in [2.45, 2.75) is 18.9 Å². The summed E-state index contributed by atoms with van der Waals surface area (Å²) in [6.45, 7) is 1.83. The highest BCUT2D eigenvalue weighted by molar-refractivity contribution is 5.82. The number of aromatic amines is 1. The smallest absolute Gasteiger partial charge is 0.182 e. The van der Waals surface area contributed by atoms with E-state index >= 15 is 0 Å². The summed E-state index contributed by atoms with van der Waals surface area (Å²) in [6, 6.07) is 6.21. The second kappa shape index (κ2) is 7.07. The number of ether oxygens (including phenoxy) is 2. The summed E-state index contributed by atoms with van der Waals surface area (Å²) >= 11 is 0. The molecule has 8 nitrogen and oxygen atoms in total. The molecule has 1 aromatic carbocycles. The predicted molar refractivity (Wildman–Crippen MR) is 100 cm³/mol. The van der Waals surface area contributed by atoms with Gasteiger partial charge in [0, 0.05) is 30.9 Å². The lowest BCUT2D eigenvalue weighted by Crippen LogP contribution is -2.42. The summed E-state index contributed by atoms with van der Waals surface area (Å²) in [4.78, 5) is 18.3. The van der Waals surface area contributed by atoms with Crippen molar-refractivity contribution in [2.75, 3.05) is 37.5 Å². The molecule has 1 fully saturated rings. The van der Waals surface area contributed by atoms with E-state index in [1.807, 2.05) is 18.2 Å². The summed E-state index contributed by atoms with van der Waals surface area (Å²) in [7, 11) is 3.29. The second-order valence-electron chi connectivity index (χ2n) is 6.30. The third-order valence-corrected chi connectivity index (χ3v) is 4.68. The van der Waals surface area contributed by atoms with Crippen molar-refractivity contribution < 1.29 is 9.47 Å². The maximum Gasteiger partial charge on any atom is 0.182 e. The largest absolute Gasteiger partial charge is 0.493 e. The van der Waals surface area contributed by atoms with E-state index in [-0.39, 0.29) is 0 Å². The minimum absolute atomic E-state index is 0.315. The molecule has 26 heavy (non-hydrogen) atoms. The monoisotopic (exact) mass is 354 g/mol. The molecule has 3 aromatic rings. The highest BCUT2D eigenvalue weighted by Gasteiger charge is 2.23. The van der Waals surface area contributed by atoms with Gasteiger partial charge in [0.2, 0.25) is 0 Å². The van der Waals surface area contributed by atoms with Crippen LogP contribution in [0, 0.1) is 0 Å². The van der Waals surface area contributed by atoms with Crippen LogP contribution in [-0.2, 0) is 0 Å². The third kappa shape index (κ3) is 3.10. The van der Waals surface area contributed by atoms with Crippen molar-refractivity contribution in [3.63, 3.8) is 0 Å². The lowest BCUT2D eigenvalue weighted by molar-refractivity contribution is 0.355. The van der Waals surface area contributed by atoms with E-state index in [0.717, 1.165) is 54.5 Å². The molecule has 0 bridgehead atoms. The molecule has 0 aliphatic carbocycles. The van der Waals surface area contributed by atoms with Crippen LogP contribution in [0.3, 0.4) is 0 Å². The van der Waals surface area contributed by atoms with Gasteiger partial charge in [-0.1, -0.05) is 0 Å². The number of hydrogen-bond donors (Lipinski definition) is 2. The van der Waals surface area contributed by atoms with Gasteiger partial charge in [-0.25, -0.2) is 15.0 Å². The molecule has 1 atom stereocenters. The number of hydrogen-bond acceptors (Lipinski definition) is 7. The molecule has 136 valence electrons. The van der Waals surface area contributed by atoms with E-state index in [1.165, 1.54) is 0 Å². The molecule has 2 N–H and O–H groups in total. The van der Waals surface area contributed by atoms with Gasteiger partial charge in [-0.15, -0.1) is 0 Å². The number of nitrogens with one attached hydrogen (secondary N) is 2. The van der Waals surface area contributed by atoms with Crippen molar-refractivity contribution in [3.8, 4) is 11.5 Å². The summed E-state index contributed by atoms with van der Waals surface area (Å²) in [5.41, 5.74) is 2.60. The number of nitrogens with zero attached hydrogens (tertiary/aromatic N) is 4. The van der Waals surface area contributed by atoms with Crippen LogP contribution < -0.4 is 19.7 Å². The first-order chi connectivity index (χ1) is 12.8. The van der Waals surface area contributed by atoms with Crippen LogP contribution in [0.15, 0.2) is 30.9 Å². The zero-order valence-electron chi connectivity index (χ0n) is 14.9. The number of piperidine rings is 1. The number of fused-ring (bicyclic) bond motifs is 1. The highest BCUT2D eigenvalue weighted by atomic mass is 16.5. The van der Waals surface area contributed by atoms with Crippen molar-refractivity contribution in [1.29, 1.82) is 0 Å². The van der Waals surface area contributed by atoms with Crippen LogP contribution in [-0.4, -0.2) is 53.3 Å². The number of imidazole rings is 1. The Morgan fingerprint density at radius 3 is 2.88 bits per heavy atom. The second-order valence-corrected chi connectivity index (χ2v) is 6.30. The molecule has 0 radical (unpaired) electrons. The van der Waals surface area contributed by atoms with Crippen LogP contribution in [0.5, 0.6) is 11.5 Å². The maximum atomic E-state index is 5.39. The van der Waals surface area contributed by atoms with Gasteiger partial charge in [0.1, 0.15) is 11.8 Å². The molecule has 0 unspecified atom stereocenters. The maximum absolute atomic E-state index is 5.39. The van der Waals surface area contributed by atoms with E-state index in [1.54, 1.807) is 26.9 Å². The van der Waals surface area contributed by atoms with Gasteiger partial charge in [0.15, 0.2) is 23.0 Å². The number of rotatable bonds is 5. The van der Waals surface area contributed by atoms with Gasteiger partial charge in [-0.3, -0.25) is 0 Å². The number of H-pyrrole nitrogens is 1. The van der Waals surface area contributed by atoms with Gasteiger partial charge in [0.25, 0.3) is 0 Å². The van der Waals surface area contributed by atoms with Gasteiger partial charge < -0.3 is 24.7 Å². The Balaban J connectivity index is 1.51. The molecule has 1 saturated heterocycles. The quantitative estimate of drug-likeness (QED) is 0.727. The molecule has 0 spiro atoms. The molecular weight excluding hydrogens is 332 g/mol. The van der Waals surface area contributed by atoms with Crippen molar-refractivity contribution in [1.82, 2.24) is 19.9 Å². The lowest BCUT2D eigenvalue weighted by Gasteiger charge is -2.34. The van der Waals surface area contributed by atoms with Crippen molar-refractivity contribution in [2.24, 2.45) is 0 Å². The van der Waals surface area contributed by atoms with E-state index in [9.17, 15) is 0 Å². The van der Waals surface area contributed by atoms with Crippen molar-refractivity contribution in [3.05, 3.63) is 30.9 Å². The first-order valence-electron chi connectivity index (χ1n) is 8.66. The fourth-order valence-electron chi connectivity index (χ4n) is 3.44. The Morgan fingerprint density at radius 1 is 1.15 bits per heavy atom. The van der Waals surface area contributed by atoms with E-state index in [2.05, 4.69) is 30.2 Å². The molecule has 1 aliphatic rings. The Hall–Kier alpha value is -3.03. The normalized spacial score (nSPS) is 17.3. The first kappa shape index (κ1) is 16.4. The average molecular weight is 354 g/mol. The van der Waals surface area contributed by atoms with Crippen molar-refractivity contribution >= 4 is 22.7 Å². The highest BCUT2D eigenvalue weighted by Crippen LogP contribution is 2.31. The SMILES string of the molecule is COc1ccc(N[C@@H]2CCCN(c3ncnc4nc[nH]c34)C2)cc1OC. The summed E-state index contributed by atoms with van der Waals surface area (Å²) < 4.78 is 10.7. The lowest BCUT2D eigenvalue weighted by atomic mass is 10.1. The molecule has 0 amide bonds. The standard InChI is InChI=1S/C18H22N6O2/c1-25-14-6-5-12(8-15(14)26-2)23-13-4-3-7-24(9-13)18-16-17(20-10-19-16)21-11-22-18/h5-6,8,10-11,13,23H,3-4,7,9H2,1-2H3,(H,19,20,21,22)/t13-/m1/s1. The van der Waals surface area contributed by atoms with Gasteiger partial charge >= 0.3 is 0 Å². The first-order valence-corrected chi connectivity index (χ1v) is 8.66. The Bertz CT molecular complexity index is 896. The fraction of sp³-hybridized carbons (Fsp3) is 0.389. The topological polar surface area (TPSA) is 88.2 Å². The zero-order valence-corrected chi connectivity index (χ0v) is 14.9. The zero-order chi connectivity index (χ0) is 17.9. The van der Waals surface area contributed by atoms with Crippen LogP contribution in [0.4, 0.5) is 11.5 Å². The number of anilines is 2. The molecule has 2 aromatic heterocycles. The number of methoxy groups -OCH3 is 2. The summed E-state index contributed by atoms with van der Waals surface area (Å²) in [6.07, 6.45) is 5.42.